The Balaban J connectivity index is 0. The molecule has 14 heavy (non-hydrogen) atoms. The average Bonchev–Trinajstić information content (AvgIpc) is 2.04. The van der Waals surface area contributed by atoms with Crippen molar-refractivity contribution in [3.8, 4) is 0 Å². The van der Waals surface area contributed by atoms with Crippen LogP contribution in [0.1, 0.15) is 20.7 Å². The predicted octanol–water partition coefficient (Wildman–Crippen LogP) is -1.91. The number of hydrogen-bond donors (Lipinski definition) is 0. The second-order valence-electron chi connectivity index (χ2n) is 2.12. The Labute approximate surface area is 121 Å². The van der Waals surface area contributed by atoms with Crippen LogP contribution in [0.15, 0.2) is 24.3 Å². The largest absolute Gasteiger partial charge is 2.00 e. The van der Waals surface area contributed by atoms with Crippen molar-refractivity contribution in [3.63, 3.8) is 0 Å². The Morgan fingerprint density at radius 2 is 1.21 bits per heavy atom. The topological polar surface area (TPSA) is 80.3 Å². The third kappa shape index (κ3) is 4.07. The van der Waals surface area contributed by atoms with E-state index in [1.807, 2.05) is 0 Å². The van der Waals surface area contributed by atoms with E-state index in [-0.39, 0.29) is 66.5 Å². The SMILES string of the molecule is O=C([O-])c1ccccc1C(=O)[O-].P.[Sr+2]. The molecule has 0 fully saturated rings. The normalized spacial score (nSPS) is 8.00. The number of benzene rings is 1. The summed E-state index contributed by atoms with van der Waals surface area (Å²) in [6.07, 6.45) is 0. The molecule has 0 aromatic heterocycles. The predicted molar refractivity (Wildman–Crippen MR) is 52.0 cm³/mol. The van der Waals surface area contributed by atoms with E-state index in [4.69, 9.17) is 0 Å². The number of carboxylic acids is 2. The number of hydrogen-bond acceptors (Lipinski definition) is 4. The summed E-state index contributed by atoms with van der Waals surface area (Å²) in [4.78, 5) is 20.6. The van der Waals surface area contributed by atoms with Crippen LogP contribution in [0.3, 0.4) is 0 Å². The van der Waals surface area contributed by atoms with Crippen LogP contribution < -0.4 is 10.2 Å². The molecule has 0 spiro atoms. The summed E-state index contributed by atoms with van der Waals surface area (Å²) in [6, 6.07) is 5.14. The maximum Gasteiger partial charge on any atom is 2.00 e. The van der Waals surface area contributed by atoms with Crippen molar-refractivity contribution in [2.24, 2.45) is 0 Å². The number of carbonyl (C=O) groups is 2. The molecule has 1 unspecified atom stereocenters. The molecule has 0 aliphatic rings. The maximum absolute atomic E-state index is 10.3. The molecule has 0 N–H and O–H groups in total. The van der Waals surface area contributed by atoms with Gasteiger partial charge in [0.2, 0.25) is 0 Å². The Morgan fingerprint density at radius 3 is 1.43 bits per heavy atom. The summed E-state index contributed by atoms with van der Waals surface area (Å²) in [5, 5.41) is 20.6. The van der Waals surface area contributed by atoms with Crippen LogP contribution in [0.5, 0.6) is 0 Å². The molecular formula is C8H7O4PSr. The van der Waals surface area contributed by atoms with E-state index in [1.54, 1.807) is 0 Å². The molecule has 0 saturated carbocycles. The van der Waals surface area contributed by atoms with E-state index in [2.05, 4.69) is 0 Å². The fourth-order valence-corrected chi connectivity index (χ4v) is 0.839. The van der Waals surface area contributed by atoms with Crippen molar-refractivity contribution in [1.82, 2.24) is 0 Å². The number of rotatable bonds is 2. The number of aromatic carboxylic acids is 2. The van der Waals surface area contributed by atoms with Gasteiger partial charge in [0, 0.05) is 11.1 Å². The van der Waals surface area contributed by atoms with Gasteiger partial charge in [0.25, 0.3) is 0 Å². The summed E-state index contributed by atoms with van der Waals surface area (Å²) < 4.78 is 0. The van der Waals surface area contributed by atoms with E-state index in [9.17, 15) is 19.8 Å². The standard InChI is InChI=1S/C8H6O4.H3P.Sr/c9-7(10)5-3-1-2-4-6(5)8(11)12;;/h1-4H,(H,9,10)(H,11,12);1H3;/q;;+2/p-2. The fourth-order valence-electron chi connectivity index (χ4n) is 0.839. The smallest absolute Gasteiger partial charge is 0.545 e. The zero-order chi connectivity index (χ0) is 9.14. The van der Waals surface area contributed by atoms with Gasteiger partial charge in [-0.3, -0.25) is 0 Å². The molecule has 0 aliphatic heterocycles. The monoisotopic (exact) mass is 286 g/mol. The maximum atomic E-state index is 10.3. The van der Waals surface area contributed by atoms with Crippen molar-refractivity contribution in [1.29, 1.82) is 0 Å². The van der Waals surface area contributed by atoms with Crippen molar-refractivity contribution in [3.05, 3.63) is 35.4 Å². The summed E-state index contributed by atoms with van der Waals surface area (Å²) in [7, 11) is 0. The Morgan fingerprint density at radius 1 is 0.929 bits per heavy atom. The van der Waals surface area contributed by atoms with Crippen LogP contribution in [0.4, 0.5) is 0 Å². The second-order valence-corrected chi connectivity index (χ2v) is 2.12. The van der Waals surface area contributed by atoms with Crippen LogP contribution in [0.25, 0.3) is 0 Å². The van der Waals surface area contributed by atoms with Gasteiger partial charge in [-0.15, -0.1) is 0 Å². The molecule has 0 bridgehead atoms. The molecule has 0 radical (unpaired) electrons. The fraction of sp³-hybridized carbons (Fsp3) is 0. The molecule has 1 aromatic carbocycles. The molecule has 0 saturated heterocycles. The van der Waals surface area contributed by atoms with Crippen LogP contribution in [-0.4, -0.2) is 57.4 Å². The third-order valence-corrected chi connectivity index (χ3v) is 1.37. The molecule has 0 amide bonds. The van der Waals surface area contributed by atoms with Gasteiger partial charge in [0.05, 0.1) is 11.9 Å². The van der Waals surface area contributed by atoms with E-state index in [0.29, 0.717) is 0 Å². The summed E-state index contributed by atoms with van der Waals surface area (Å²) in [5.74, 6) is -3.04. The van der Waals surface area contributed by atoms with E-state index < -0.39 is 11.9 Å². The third-order valence-electron chi connectivity index (χ3n) is 1.37. The first-order valence-corrected chi connectivity index (χ1v) is 3.14. The number of carboxylic acid groups (broad SMARTS) is 2. The van der Waals surface area contributed by atoms with E-state index in [0.717, 1.165) is 12.1 Å². The molecule has 1 aromatic rings. The Bertz CT molecular complexity index is 307. The second kappa shape index (κ2) is 7.37. The first kappa shape index (κ1) is 16.5. The van der Waals surface area contributed by atoms with Crippen LogP contribution in [-0.2, 0) is 0 Å². The van der Waals surface area contributed by atoms with Crippen molar-refractivity contribution in [2.45, 2.75) is 0 Å². The molecule has 0 aliphatic carbocycles. The van der Waals surface area contributed by atoms with Crippen LogP contribution in [0, 0.1) is 0 Å². The molecule has 0 heterocycles. The molecule has 1 rings (SSSR count). The van der Waals surface area contributed by atoms with Crippen molar-refractivity contribution < 1.29 is 19.8 Å². The molecule has 6 heteroatoms. The van der Waals surface area contributed by atoms with Gasteiger partial charge in [-0.05, 0) is 0 Å². The van der Waals surface area contributed by atoms with Gasteiger partial charge in [-0.1, -0.05) is 24.3 Å². The Kier molecular flexibility index (Phi) is 8.69. The van der Waals surface area contributed by atoms with Gasteiger partial charge >= 0.3 is 45.5 Å². The van der Waals surface area contributed by atoms with Crippen LogP contribution in [0.2, 0.25) is 0 Å². The summed E-state index contributed by atoms with van der Waals surface area (Å²) >= 11 is 0. The zero-order valence-electron chi connectivity index (χ0n) is 7.36. The average molecular weight is 286 g/mol. The first-order valence-electron chi connectivity index (χ1n) is 3.14. The minimum absolute atomic E-state index is 0. The molecular weight excluding hydrogens is 279 g/mol. The van der Waals surface area contributed by atoms with Gasteiger partial charge in [-0.25, -0.2) is 0 Å². The van der Waals surface area contributed by atoms with Gasteiger partial charge in [-0.2, -0.15) is 9.90 Å². The van der Waals surface area contributed by atoms with E-state index >= 15 is 0 Å². The minimum Gasteiger partial charge on any atom is -0.545 e. The Hall–Kier alpha value is 0.0705. The van der Waals surface area contributed by atoms with Crippen LogP contribution >= 0.6 is 9.90 Å². The molecule has 4 nitrogen and oxygen atoms in total. The quantitative estimate of drug-likeness (QED) is 0.469. The van der Waals surface area contributed by atoms with Crippen molar-refractivity contribution in [2.75, 3.05) is 0 Å². The van der Waals surface area contributed by atoms with E-state index in [1.165, 1.54) is 12.1 Å². The van der Waals surface area contributed by atoms with Gasteiger partial charge in [0.15, 0.2) is 0 Å². The summed E-state index contributed by atoms with van der Waals surface area (Å²) in [6.45, 7) is 0. The number of carbonyl (C=O) groups excluding carboxylic acids is 2. The van der Waals surface area contributed by atoms with Gasteiger partial charge < -0.3 is 19.8 Å². The molecule has 1 atom stereocenters. The van der Waals surface area contributed by atoms with Gasteiger partial charge in [0.1, 0.15) is 0 Å². The van der Waals surface area contributed by atoms with Crippen molar-refractivity contribution >= 4 is 67.3 Å². The molecule has 70 valence electrons. The first-order chi connectivity index (χ1) is 5.63. The zero-order valence-corrected chi connectivity index (χ0v) is 12.2. The minimum atomic E-state index is -1.52. The summed E-state index contributed by atoms with van der Waals surface area (Å²) in [5.41, 5.74) is -0.727.